The zero-order valence-corrected chi connectivity index (χ0v) is 7.59. The van der Waals surface area contributed by atoms with Crippen LogP contribution in [0.2, 0.25) is 0 Å². The summed E-state index contributed by atoms with van der Waals surface area (Å²) in [5.41, 5.74) is 0. The van der Waals surface area contributed by atoms with Crippen LogP contribution >= 0.6 is 0 Å². The molecule has 4 heteroatoms. The number of hydrogen-bond donors (Lipinski definition) is 0. The fraction of sp³-hybridized carbons (Fsp3) is 0.333. The van der Waals surface area contributed by atoms with Crippen molar-refractivity contribution in [3.63, 3.8) is 0 Å². The van der Waals surface area contributed by atoms with Gasteiger partial charge in [-0.25, -0.2) is 0 Å². The molecule has 0 fully saturated rings. The highest BCUT2D eigenvalue weighted by Gasteiger charge is 1.99. The molecular formula is C9H12N4. The standard InChI is InChI=1S/C9H12N4/c1-12-8-10-11-9(12)4-7-13-5-2-3-6-13/h2-3,5-6,8H,4,7H2,1H3. The third kappa shape index (κ3) is 1.77. The Morgan fingerprint density at radius 2 is 2.08 bits per heavy atom. The zero-order chi connectivity index (χ0) is 9.10. The molecule has 2 aromatic rings. The van der Waals surface area contributed by atoms with Crippen LogP contribution in [0.15, 0.2) is 30.9 Å². The monoisotopic (exact) mass is 176 g/mol. The topological polar surface area (TPSA) is 35.6 Å². The second-order valence-electron chi connectivity index (χ2n) is 3.03. The zero-order valence-electron chi connectivity index (χ0n) is 7.59. The Hall–Kier alpha value is -1.58. The van der Waals surface area contributed by atoms with Crippen molar-refractivity contribution in [1.29, 1.82) is 0 Å². The fourth-order valence-corrected chi connectivity index (χ4v) is 1.28. The highest BCUT2D eigenvalue weighted by molar-refractivity contribution is 4.92. The largest absolute Gasteiger partial charge is 0.354 e. The summed E-state index contributed by atoms with van der Waals surface area (Å²) in [5.74, 6) is 1.02. The third-order valence-electron chi connectivity index (χ3n) is 2.06. The molecule has 0 bridgehead atoms. The molecule has 0 aromatic carbocycles. The van der Waals surface area contributed by atoms with Gasteiger partial charge in [0.25, 0.3) is 0 Å². The van der Waals surface area contributed by atoms with Crippen LogP contribution in [-0.2, 0) is 20.0 Å². The Labute approximate surface area is 76.8 Å². The van der Waals surface area contributed by atoms with E-state index in [1.165, 1.54) is 0 Å². The molecule has 0 saturated carbocycles. The summed E-state index contributed by atoms with van der Waals surface area (Å²) in [6, 6.07) is 4.05. The van der Waals surface area contributed by atoms with Crippen molar-refractivity contribution in [2.24, 2.45) is 7.05 Å². The number of aromatic nitrogens is 4. The molecule has 2 heterocycles. The summed E-state index contributed by atoms with van der Waals surface area (Å²) in [5, 5.41) is 7.84. The van der Waals surface area contributed by atoms with Gasteiger partial charge in [0.2, 0.25) is 0 Å². The van der Waals surface area contributed by atoms with Crippen molar-refractivity contribution in [3.05, 3.63) is 36.7 Å². The molecule has 4 nitrogen and oxygen atoms in total. The van der Waals surface area contributed by atoms with Gasteiger partial charge in [-0.2, -0.15) is 0 Å². The van der Waals surface area contributed by atoms with E-state index in [9.17, 15) is 0 Å². The van der Waals surface area contributed by atoms with Crippen LogP contribution in [0.25, 0.3) is 0 Å². The molecule has 0 aliphatic carbocycles. The normalized spacial score (nSPS) is 10.5. The third-order valence-corrected chi connectivity index (χ3v) is 2.06. The lowest BCUT2D eigenvalue weighted by atomic mass is 10.4. The van der Waals surface area contributed by atoms with E-state index < -0.39 is 0 Å². The van der Waals surface area contributed by atoms with Gasteiger partial charge in [-0.1, -0.05) is 0 Å². The molecule has 2 rings (SSSR count). The Morgan fingerprint density at radius 1 is 1.31 bits per heavy atom. The van der Waals surface area contributed by atoms with Crippen molar-refractivity contribution in [1.82, 2.24) is 19.3 Å². The SMILES string of the molecule is Cn1cnnc1CCn1cccc1. The minimum Gasteiger partial charge on any atom is -0.354 e. The second kappa shape index (κ2) is 3.43. The molecule has 0 atom stereocenters. The van der Waals surface area contributed by atoms with Gasteiger partial charge >= 0.3 is 0 Å². The molecule has 0 aliphatic heterocycles. The molecule has 0 saturated heterocycles. The molecule has 0 amide bonds. The second-order valence-corrected chi connectivity index (χ2v) is 3.03. The fourth-order valence-electron chi connectivity index (χ4n) is 1.28. The summed E-state index contributed by atoms with van der Waals surface area (Å²) >= 11 is 0. The van der Waals surface area contributed by atoms with Crippen LogP contribution in [0, 0.1) is 0 Å². The van der Waals surface area contributed by atoms with Gasteiger partial charge in [0.1, 0.15) is 12.2 Å². The predicted octanol–water partition coefficient (Wildman–Crippen LogP) is 0.859. The Kier molecular flexibility index (Phi) is 2.12. The van der Waals surface area contributed by atoms with Crippen molar-refractivity contribution in [2.45, 2.75) is 13.0 Å². The molecule has 13 heavy (non-hydrogen) atoms. The average Bonchev–Trinajstić information content (AvgIpc) is 2.72. The number of nitrogens with zero attached hydrogens (tertiary/aromatic N) is 4. The van der Waals surface area contributed by atoms with Gasteiger partial charge in [0, 0.05) is 32.4 Å². The maximum atomic E-state index is 4.01. The van der Waals surface area contributed by atoms with E-state index in [0.29, 0.717) is 0 Å². The Morgan fingerprint density at radius 3 is 2.69 bits per heavy atom. The van der Waals surface area contributed by atoms with Crippen molar-refractivity contribution >= 4 is 0 Å². The Bertz CT molecular complexity index is 361. The van der Waals surface area contributed by atoms with E-state index in [1.807, 2.05) is 23.7 Å². The van der Waals surface area contributed by atoms with Crippen LogP contribution in [-0.4, -0.2) is 19.3 Å². The van der Waals surface area contributed by atoms with Crippen LogP contribution in [0.1, 0.15) is 5.82 Å². The molecule has 0 spiro atoms. The first-order valence-electron chi connectivity index (χ1n) is 4.30. The van der Waals surface area contributed by atoms with Crippen LogP contribution < -0.4 is 0 Å². The van der Waals surface area contributed by atoms with Gasteiger partial charge in [0.05, 0.1) is 0 Å². The van der Waals surface area contributed by atoms with Crippen LogP contribution in [0.4, 0.5) is 0 Å². The van der Waals surface area contributed by atoms with Gasteiger partial charge in [-0.05, 0) is 12.1 Å². The lowest BCUT2D eigenvalue weighted by Gasteiger charge is -2.01. The van der Waals surface area contributed by atoms with Crippen molar-refractivity contribution in [3.8, 4) is 0 Å². The maximum absolute atomic E-state index is 4.01. The first kappa shape index (κ1) is 8.04. The highest BCUT2D eigenvalue weighted by Crippen LogP contribution is 1.97. The molecule has 0 radical (unpaired) electrons. The van der Waals surface area contributed by atoms with E-state index in [-0.39, 0.29) is 0 Å². The lowest BCUT2D eigenvalue weighted by Crippen LogP contribution is -2.03. The smallest absolute Gasteiger partial charge is 0.134 e. The van der Waals surface area contributed by atoms with Crippen LogP contribution in [0.5, 0.6) is 0 Å². The van der Waals surface area contributed by atoms with E-state index >= 15 is 0 Å². The minimum atomic E-state index is 0.922. The average molecular weight is 176 g/mol. The highest BCUT2D eigenvalue weighted by atomic mass is 15.2. The summed E-state index contributed by atoms with van der Waals surface area (Å²) in [4.78, 5) is 0. The number of rotatable bonds is 3. The van der Waals surface area contributed by atoms with Crippen molar-refractivity contribution in [2.75, 3.05) is 0 Å². The number of hydrogen-bond acceptors (Lipinski definition) is 2. The van der Waals surface area contributed by atoms with Crippen LogP contribution in [0.3, 0.4) is 0 Å². The van der Waals surface area contributed by atoms with E-state index in [0.717, 1.165) is 18.8 Å². The molecule has 0 aliphatic rings. The van der Waals surface area contributed by atoms with Gasteiger partial charge in [-0.15, -0.1) is 10.2 Å². The summed E-state index contributed by atoms with van der Waals surface area (Å²) in [6.07, 6.45) is 6.75. The summed E-state index contributed by atoms with van der Waals surface area (Å²) < 4.78 is 4.08. The van der Waals surface area contributed by atoms with Crippen molar-refractivity contribution < 1.29 is 0 Å². The number of aryl methyl sites for hydroxylation is 3. The van der Waals surface area contributed by atoms with E-state index in [2.05, 4.69) is 27.2 Å². The maximum Gasteiger partial charge on any atom is 0.134 e. The summed E-state index contributed by atoms with van der Waals surface area (Å²) in [6.45, 7) is 0.958. The summed E-state index contributed by atoms with van der Waals surface area (Å²) in [7, 11) is 1.96. The first-order chi connectivity index (χ1) is 6.36. The Balaban J connectivity index is 1.97. The lowest BCUT2D eigenvalue weighted by molar-refractivity contribution is 0.652. The van der Waals surface area contributed by atoms with E-state index in [4.69, 9.17) is 0 Å². The van der Waals surface area contributed by atoms with E-state index in [1.54, 1.807) is 6.33 Å². The van der Waals surface area contributed by atoms with Gasteiger partial charge < -0.3 is 9.13 Å². The molecular weight excluding hydrogens is 164 g/mol. The molecule has 2 aromatic heterocycles. The predicted molar refractivity (Wildman–Crippen MR) is 49.1 cm³/mol. The molecule has 68 valence electrons. The van der Waals surface area contributed by atoms with Gasteiger partial charge in [0.15, 0.2) is 0 Å². The quantitative estimate of drug-likeness (QED) is 0.695. The first-order valence-corrected chi connectivity index (χ1v) is 4.30. The van der Waals surface area contributed by atoms with Gasteiger partial charge in [-0.3, -0.25) is 0 Å². The minimum absolute atomic E-state index is 0.922. The molecule has 0 N–H and O–H groups in total. The molecule has 0 unspecified atom stereocenters.